The number of benzene rings is 2. The van der Waals surface area contributed by atoms with E-state index in [-0.39, 0.29) is 5.91 Å². The molecule has 0 aliphatic carbocycles. The molecule has 2 aromatic carbocycles. The number of hydrogen-bond acceptors (Lipinski definition) is 4. The molecular formula is C22H19N5O. The van der Waals surface area contributed by atoms with Crippen molar-refractivity contribution in [1.29, 1.82) is 0 Å². The number of nitrogens with one attached hydrogen (secondary N) is 2. The molecule has 2 heterocycles. The molecule has 28 heavy (non-hydrogen) atoms. The minimum atomic E-state index is -0.192. The first-order valence-corrected chi connectivity index (χ1v) is 8.88. The molecule has 4 rings (SSSR count). The number of carbonyl (C=O) groups is 1. The summed E-state index contributed by atoms with van der Waals surface area (Å²) in [4.78, 5) is 16.2. The number of nitrogen functional groups attached to an aromatic ring is 1. The van der Waals surface area contributed by atoms with E-state index in [0.29, 0.717) is 5.82 Å². The molecule has 0 bridgehead atoms. The summed E-state index contributed by atoms with van der Waals surface area (Å²) in [5.41, 5.74) is 10.7. The highest BCUT2D eigenvalue weighted by molar-refractivity contribution is 6.02. The van der Waals surface area contributed by atoms with Crippen LogP contribution in [0.15, 0.2) is 73.1 Å². The lowest BCUT2D eigenvalue weighted by atomic mass is 10.1. The van der Waals surface area contributed by atoms with Crippen LogP contribution in [0.5, 0.6) is 0 Å². The maximum Gasteiger partial charge on any atom is 0.248 e. The lowest BCUT2D eigenvalue weighted by molar-refractivity contribution is -0.111. The Morgan fingerprint density at radius 3 is 2.57 bits per heavy atom. The van der Waals surface area contributed by atoms with E-state index >= 15 is 0 Å². The number of hydrogen-bond donors (Lipinski definition) is 3. The summed E-state index contributed by atoms with van der Waals surface area (Å²) in [5.74, 6) is 0.253. The van der Waals surface area contributed by atoms with Crippen LogP contribution in [0.1, 0.15) is 16.7 Å². The Kier molecular flexibility index (Phi) is 4.84. The predicted octanol–water partition coefficient (Wildman–Crippen LogP) is 3.78. The van der Waals surface area contributed by atoms with Crippen molar-refractivity contribution >= 4 is 34.4 Å². The van der Waals surface area contributed by atoms with Gasteiger partial charge in [0.05, 0.1) is 5.52 Å². The number of nitrogens with zero attached hydrogens (tertiary/aromatic N) is 2. The summed E-state index contributed by atoms with van der Waals surface area (Å²) in [6.07, 6.45) is 7.65. The van der Waals surface area contributed by atoms with Gasteiger partial charge < -0.3 is 11.1 Å². The molecule has 0 saturated heterocycles. The fourth-order valence-corrected chi connectivity index (χ4v) is 2.95. The maximum atomic E-state index is 12.2. The SMILES string of the molecule is Nc1n[nH]c2ccc(C=CC(=O)Nc3ccc(Cc4ccncc4)cc3)cc12. The predicted molar refractivity (Wildman–Crippen MR) is 112 cm³/mol. The normalized spacial score (nSPS) is 11.1. The number of nitrogens with two attached hydrogens (primary N) is 1. The summed E-state index contributed by atoms with van der Waals surface area (Å²) in [6.45, 7) is 0. The molecule has 0 fully saturated rings. The second-order valence-corrected chi connectivity index (χ2v) is 6.47. The molecule has 0 aliphatic heterocycles. The maximum absolute atomic E-state index is 12.2. The van der Waals surface area contributed by atoms with Gasteiger partial charge in [-0.25, -0.2) is 0 Å². The molecule has 0 spiro atoms. The van der Waals surface area contributed by atoms with E-state index in [1.807, 2.05) is 54.6 Å². The van der Waals surface area contributed by atoms with E-state index in [2.05, 4.69) is 20.5 Å². The van der Waals surface area contributed by atoms with E-state index in [9.17, 15) is 4.79 Å². The average Bonchev–Trinajstić information content (AvgIpc) is 3.09. The van der Waals surface area contributed by atoms with Crippen LogP contribution in [-0.2, 0) is 11.2 Å². The standard InChI is InChI=1S/C22H19N5O/c23-22-19-14-16(3-7-20(19)26-27-22)4-8-21(28)25-18-5-1-15(2-6-18)13-17-9-11-24-12-10-17/h1-12,14H,13H2,(H,25,28)(H3,23,26,27). The zero-order valence-electron chi connectivity index (χ0n) is 15.1. The molecule has 138 valence electrons. The van der Waals surface area contributed by atoms with Crippen molar-refractivity contribution in [2.75, 3.05) is 11.1 Å². The Hall–Kier alpha value is -3.93. The Bertz CT molecular complexity index is 1130. The molecule has 0 atom stereocenters. The van der Waals surface area contributed by atoms with E-state index < -0.39 is 0 Å². The first kappa shape index (κ1) is 17.5. The number of anilines is 2. The number of aromatic amines is 1. The fourth-order valence-electron chi connectivity index (χ4n) is 2.95. The van der Waals surface area contributed by atoms with Gasteiger partial charge in [-0.3, -0.25) is 14.9 Å². The third-order valence-corrected chi connectivity index (χ3v) is 4.42. The number of fused-ring (bicyclic) bond motifs is 1. The van der Waals surface area contributed by atoms with E-state index in [4.69, 9.17) is 5.73 Å². The van der Waals surface area contributed by atoms with Crippen LogP contribution < -0.4 is 11.1 Å². The van der Waals surface area contributed by atoms with E-state index in [0.717, 1.165) is 28.6 Å². The molecule has 0 unspecified atom stereocenters. The molecule has 0 saturated carbocycles. The molecule has 0 radical (unpaired) electrons. The van der Waals surface area contributed by atoms with Crippen LogP contribution in [-0.4, -0.2) is 21.1 Å². The number of rotatable bonds is 5. The largest absolute Gasteiger partial charge is 0.382 e. The topological polar surface area (TPSA) is 96.7 Å². The van der Waals surface area contributed by atoms with Gasteiger partial charge in [0.25, 0.3) is 0 Å². The van der Waals surface area contributed by atoms with Crippen LogP contribution >= 0.6 is 0 Å². The first-order valence-electron chi connectivity index (χ1n) is 8.88. The quantitative estimate of drug-likeness (QED) is 0.466. The van der Waals surface area contributed by atoms with Gasteiger partial charge in [-0.2, -0.15) is 5.10 Å². The first-order chi connectivity index (χ1) is 13.7. The monoisotopic (exact) mass is 369 g/mol. The Morgan fingerprint density at radius 1 is 1.04 bits per heavy atom. The van der Waals surface area contributed by atoms with Crippen LogP contribution in [0.3, 0.4) is 0 Å². The highest BCUT2D eigenvalue weighted by atomic mass is 16.1. The molecule has 4 aromatic rings. The lowest BCUT2D eigenvalue weighted by Crippen LogP contribution is -2.07. The van der Waals surface area contributed by atoms with Gasteiger partial charge in [0.2, 0.25) is 5.91 Å². The minimum Gasteiger partial charge on any atom is -0.382 e. The third kappa shape index (κ3) is 4.07. The van der Waals surface area contributed by atoms with Crippen LogP contribution in [0, 0.1) is 0 Å². The van der Waals surface area contributed by atoms with Crippen molar-refractivity contribution in [3.05, 3.63) is 89.8 Å². The Balaban J connectivity index is 1.38. The van der Waals surface area contributed by atoms with Crippen molar-refractivity contribution in [2.45, 2.75) is 6.42 Å². The van der Waals surface area contributed by atoms with Crippen molar-refractivity contribution in [3.63, 3.8) is 0 Å². The van der Waals surface area contributed by atoms with Gasteiger partial charge in [-0.05, 0) is 65.6 Å². The number of aromatic nitrogens is 3. The van der Waals surface area contributed by atoms with Crippen LogP contribution in [0.2, 0.25) is 0 Å². The van der Waals surface area contributed by atoms with Gasteiger partial charge in [0.15, 0.2) is 5.82 Å². The van der Waals surface area contributed by atoms with Gasteiger partial charge in [-0.15, -0.1) is 0 Å². The number of amides is 1. The van der Waals surface area contributed by atoms with Crippen molar-refractivity contribution < 1.29 is 4.79 Å². The van der Waals surface area contributed by atoms with Crippen LogP contribution in [0.25, 0.3) is 17.0 Å². The summed E-state index contributed by atoms with van der Waals surface area (Å²) in [7, 11) is 0. The second kappa shape index (κ2) is 7.75. The average molecular weight is 369 g/mol. The second-order valence-electron chi connectivity index (χ2n) is 6.47. The molecule has 0 aliphatic rings. The van der Waals surface area contributed by atoms with E-state index in [1.54, 1.807) is 18.5 Å². The van der Waals surface area contributed by atoms with Gasteiger partial charge in [0, 0.05) is 29.5 Å². The van der Waals surface area contributed by atoms with Crippen molar-refractivity contribution in [2.24, 2.45) is 0 Å². The zero-order chi connectivity index (χ0) is 19.3. The number of H-pyrrole nitrogens is 1. The van der Waals surface area contributed by atoms with E-state index in [1.165, 1.54) is 17.2 Å². The zero-order valence-corrected chi connectivity index (χ0v) is 15.1. The highest BCUT2D eigenvalue weighted by Gasteiger charge is 2.03. The summed E-state index contributed by atoms with van der Waals surface area (Å²) in [5, 5.41) is 10.5. The van der Waals surface area contributed by atoms with Crippen LogP contribution in [0.4, 0.5) is 11.5 Å². The smallest absolute Gasteiger partial charge is 0.248 e. The third-order valence-electron chi connectivity index (χ3n) is 4.42. The van der Waals surface area contributed by atoms with Gasteiger partial charge in [-0.1, -0.05) is 18.2 Å². The Labute approximate surface area is 162 Å². The molecule has 6 heteroatoms. The summed E-state index contributed by atoms with van der Waals surface area (Å²) < 4.78 is 0. The van der Waals surface area contributed by atoms with Crippen molar-refractivity contribution in [1.82, 2.24) is 15.2 Å². The fraction of sp³-hybridized carbons (Fsp3) is 0.0455. The molecule has 1 amide bonds. The molecule has 4 N–H and O–H groups in total. The molecule has 6 nitrogen and oxygen atoms in total. The van der Waals surface area contributed by atoms with Gasteiger partial charge in [0.1, 0.15) is 0 Å². The van der Waals surface area contributed by atoms with Crippen molar-refractivity contribution in [3.8, 4) is 0 Å². The number of pyridine rings is 1. The Morgan fingerprint density at radius 2 is 1.79 bits per heavy atom. The highest BCUT2D eigenvalue weighted by Crippen LogP contribution is 2.20. The number of carbonyl (C=O) groups excluding carboxylic acids is 1. The van der Waals surface area contributed by atoms with Gasteiger partial charge >= 0.3 is 0 Å². The molecule has 2 aromatic heterocycles. The molecular weight excluding hydrogens is 350 g/mol. The summed E-state index contributed by atoms with van der Waals surface area (Å²) in [6, 6.07) is 17.5. The minimum absolute atomic E-state index is 0.192. The summed E-state index contributed by atoms with van der Waals surface area (Å²) >= 11 is 0. The lowest BCUT2D eigenvalue weighted by Gasteiger charge is -2.05.